The third-order valence-corrected chi connectivity index (χ3v) is 5.63. The van der Waals surface area contributed by atoms with E-state index in [-0.39, 0.29) is 6.54 Å². The predicted octanol–water partition coefficient (Wildman–Crippen LogP) is 4.61. The SMILES string of the molecule is O=C(NC[C@@H](O)c1ccc(-c2cccs2)s1)Nc1c(F)cccc1F. The van der Waals surface area contributed by atoms with Crippen LogP contribution in [0, 0.1) is 11.6 Å². The Hall–Kier alpha value is -2.29. The molecule has 0 aliphatic carbocycles. The number of aliphatic hydroxyl groups excluding tert-OH is 1. The molecule has 0 unspecified atom stereocenters. The lowest BCUT2D eigenvalue weighted by molar-refractivity contribution is 0.178. The van der Waals surface area contributed by atoms with Crippen LogP contribution in [-0.4, -0.2) is 17.7 Å². The summed E-state index contributed by atoms with van der Waals surface area (Å²) in [7, 11) is 0. The second-order valence-corrected chi connectivity index (χ2v) is 7.19. The van der Waals surface area contributed by atoms with Crippen LogP contribution >= 0.6 is 22.7 Å². The van der Waals surface area contributed by atoms with Gasteiger partial charge in [0, 0.05) is 14.6 Å². The number of amides is 2. The van der Waals surface area contributed by atoms with Crippen molar-refractivity contribution in [2.24, 2.45) is 0 Å². The molecule has 0 aliphatic heterocycles. The summed E-state index contributed by atoms with van der Waals surface area (Å²) in [5.74, 6) is -1.73. The van der Waals surface area contributed by atoms with E-state index >= 15 is 0 Å². The van der Waals surface area contributed by atoms with Crippen LogP contribution in [-0.2, 0) is 0 Å². The van der Waals surface area contributed by atoms with Crippen LogP contribution in [0.2, 0.25) is 0 Å². The summed E-state index contributed by atoms with van der Waals surface area (Å²) in [6.45, 7) is -0.0771. The largest absolute Gasteiger partial charge is 0.386 e. The second-order valence-electron chi connectivity index (χ2n) is 5.13. The van der Waals surface area contributed by atoms with Crippen molar-refractivity contribution in [1.82, 2.24) is 5.32 Å². The maximum Gasteiger partial charge on any atom is 0.319 e. The average molecular weight is 380 g/mol. The van der Waals surface area contributed by atoms with Crippen LogP contribution in [0.4, 0.5) is 19.3 Å². The molecule has 1 atom stereocenters. The molecule has 25 heavy (non-hydrogen) atoms. The summed E-state index contributed by atoms with van der Waals surface area (Å²) >= 11 is 3.03. The first-order valence-electron chi connectivity index (χ1n) is 7.35. The number of hydrogen-bond acceptors (Lipinski definition) is 4. The number of para-hydroxylation sites is 1. The molecule has 2 amide bonds. The molecule has 3 aromatic rings. The maximum absolute atomic E-state index is 13.5. The average Bonchev–Trinajstić information content (AvgIpc) is 3.27. The minimum absolute atomic E-state index is 0.0771. The van der Waals surface area contributed by atoms with Gasteiger partial charge in [-0.25, -0.2) is 13.6 Å². The number of aliphatic hydroxyl groups is 1. The molecule has 3 rings (SSSR count). The van der Waals surface area contributed by atoms with Crippen LogP contribution in [0.15, 0.2) is 47.8 Å². The van der Waals surface area contributed by atoms with Crippen LogP contribution in [0.25, 0.3) is 9.75 Å². The van der Waals surface area contributed by atoms with E-state index in [1.165, 1.54) is 17.4 Å². The lowest BCUT2D eigenvalue weighted by Crippen LogP contribution is -2.32. The second kappa shape index (κ2) is 7.73. The number of hydrogen-bond donors (Lipinski definition) is 3. The number of urea groups is 1. The van der Waals surface area contributed by atoms with E-state index in [0.29, 0.717) is 4.88 Å². The fourth-order valence-electron chi connectivity index (χ4n) is 2.15. The zero-order chi connectivity index (χ0) is 17.8. The topological polar surface area (TPSA) is 61.4 Å². The van der Waals surface area contributed by atoms with E-state index in [1.54, 1.807) is 17.4 Å². The van der Waals surface area contributed by atoms with E-state index in [9.17, 15) is 18.7 Å². The Morgan fingerprint density at radius 1 is 1.08 bits per heavy atom. The molecule has 0 radical (unpaired) electrons. The molecule has 0 fully saturated rings. The van der Waals surface area contributed by atoms with Crippen LogP contribution in [0.5, 0.6) is 0 Å². The van der Waals surface area contributed by atoms with Gasteiger partial charge in [-0.05, 0) is 35.7 Å². The highest BCUT2D eigenvalue weighted by Gasteiger charge is 2.15. The lowest BCUT2D eigenvalue weighted by atomic mass is 10.3. The van der Waals surface area contributed by atoms with Crippen LogP contribution < -0.4 is 10.6 Å². The number of rotatable bonds is 5. The van der Waals surface area contributed by atoms with Crippen molar-refractivity contribution in [2.75, 3.05) is 11.9 Å². The highest BCUT2D eigenvalue weighted by Crippen LogP contribution is 2.33. The molecule has 2 aromatic heterocycles. The molecule has 0 bridgehead atoms. The van der Waals surface area contributed by atoms with Crippen molar-refractivity contribution >= 4 is 34.4 Å². The van der Waals surface area contributed by atoms with E-state index in [4.69, 9.17) is 0 Å². The van der Waals surface area contributed by atoms with Gasteiger partial charge in [0.15, 0.2) is 0 Å². The van der Waals surface area contributed by atoms with Gasteiger partial charge in [-0.1, -0.05) is 12.1 Å². The highest BCUT2D eigenvalue weighted by molar-refractivity contribution is 7.21. The number of carbonyl (C=O) groups excluding carboxylic acids is 1. The van der Waals surface area contributed by atoms with Gasteiger partial charge in [-0.3, -0.25) is 0 Å². The Balaban J connectivity index is 1.57. The number of carbonyl (C=O) groups is 1. The van der Waals surface area contributed by atoms with E-state index in [1.807, 2.05) is 23.6 Å². The van der Waals surface area contributed by atoms with E-state index in [0.717, 1.165) is 21.9 Å². The zero-order valence-electron chi connectivity index (χ0n) is 12.8. The molecule has 3 N–H and O–H groups in total. The van der Waals surface area contributed by atoms with Gasteiger partial charge in [0.05, 0.1) is 6.54 Å². The van der Waals surface area contributed by atoms with Crippen molar-refractivity contribution in [3.05, 3.63) is 64.4 Å². The Kier molecular flexibility index (Phi) is 5.42. The third-order valence-electron chi connectivity index (χ3n) is 3.38. The summed E-state index contributed by atoms with van der Waals surface area (Å²) in [6, 6.07) is 10.1. The van der Waals surface area contributed by atoms with Crippen LogP contribution in [0.1, 0.15) is 11.0 Å². The Bertz CT molecular complexity index is 845. The van der Waals surface area contributed by atoms with Gasteiger partial charge >= 0.3 is 6.03 Å². The summed E-state index contributed by atoms with van der Waals surface area (Å²) in [4.78, 5) is 14.6. The zero-order valence-corrected chi connectivity index (χ0v) is 14.5. The minimum atomic E-state index is -0.907. The Morgan fingerprint density at radius 2 is 1.84 bits per heavy atom. The smallest absolute Gasteiger partial charge is 0.319 e. The number of benzene rings is 1. The molecule has 2 heterocycles. The van der Waals surface area contributed by atoms with Crippen LogP contribution in [0.3, 0.4) is 0 Å². The van der Waals surface area contributed by atoms with E-state index in [2.05, 4.69) is 10.6 Å². The van der Waals surface area contributed by atoms with Gasteiger partial charge in [0.25, 0.3) is 0 Å². The number of thiophene rings is 2. The van der Waals surface area contributed by atoms with Crippen molar-refractivity contribution in [3.8, 4) is 9.75 Å². The maximum atomic E-state index is 13.5. The molecule has 0 saturated heterocycles. The van der Waals surface area contributed by atoms with Gasteiger partial charge in [-0.2, -0.15) is 0 Å². The molecule has 8 heteroatoms. The van der Waals surface area contributed by atoms with Gasteiger partial charge in [0.1, 0.15) is 23.4 Å². The first-order chi connectivity index (χ1) is 12.0. The molecule has 0 aliphatic rings. The van der Waals surface area contributed by atoms with Crippen molar-refractivity contribution < 1.29 is 18.7 Å². The summed E-state index contributed by atoms with van der Waals surface area (Å²) in [6.07, 6.45) is -0.907. The Labute approximate surface area is 150 Å². The van der Waals surface area contributed by atoms with Crippen molar-refractivity contribution in [3.63, 3.8) is 0 Å². The normalized spacial score (nSPS) is 12.0. The van der Waals surface area contributed by atoms with Crippen molar-refractivity contribution in [2.45, 2.75) is 6.10 Å². The van der Waals surface area contributed by atoms with Gasteiger partial charge in [0.2, 0.25) is 0 Å². The van der Waals surface area contributed by atoms with Gasteiger partial charge < -0.3 is 15.7 Å². The molecule has 4 nitrogen and oxygen atoms in total. The first-order valence-corrected chi connectivity index (χ1v) is 9.05. The lowest BCUT2D eigenvalue weighted by Gasteiger charge is -2.12. The quantitative estimate of drug-likeness (QED) is 0.605. The number of nitrogens with one attached hydrogen (secondary N) is 2. The molecule has 130 valence electrons. The summed E-state index contributed by atoms with van der Waals surface area (Å²) < 4.78 is 27.0. The molecule has 1 aromatic carbocycles. The number of halogens is 2. The minimum Gasteiger partial charge on any atom is -0.386 e. The van der Waals surface area contributed by atoms with Gasteiger partial charge in [-0.15, -0.1) is 22.7 Å². The standard InChI is InChI=1S/C17H14F2N2O2S2/c18-10-3-1-4-11(19)16(10)21-17(23)20-9-12(22)13-6-7-15(25-13)14-5-2-8-24-14/h1-8,12,22H,9H2,(H2,20,21,23)/t12-/m1/s1. The fourth-order valence-corrected chi connectivity index (χ4v) is 3.98. The third kappa shape index (κ3) is 4.22. The molecular formula is C17H14F2N2O2S2. The molecular weight excluding hydrogens is 366 g/mol. The fraction of sp³-hybridized carbons (Fsp3) is 0.118. The predicted molar refractivity (Wildman–Crippen MR) is 96.0 cm³/mol. The monoisotopic (exact) mass is 380 g/mol. The summed E-state index contributed by atoms with van der Waals surface area (Å²) in [5.41, 5.74) is -0.523. The molecule has 0 spiro atoms. The Morgan fingerprint density at radius 3 is 2.52 bits per heavy atom. The first kappa shape index (κ1) is 17.5. The number of anilines is 1. The van der Waals surface area contributed by atoms with Crippen molar-refractivity contribution in [1.29, 1.82) is 0 Å². The van der Waals surface area contributed by atoms with E-state index < -0.39 is 29.5 Å². The highest BCUT2D eigenvalue weighted by atomic mass is 32.1. The summed E-state index contributed by atoms with van der Waals surface area (Å²) in [5, 5.41) is 16.7. The molecule has 0 saturated carbocycles.